The highest BCUT2D eigenvalue weighted by Crippen LogP contribution is 2.33. The van der Waals surface area contributed by atoms with Crippen molar-refractivity contribution >= 4 is 18.1 Å². The third-order valence-electron chi connectivity index (χ3n) is 9.61. The second-order valence-electron chi connectivity index (χ2n) is 14.0. The molecule has 4 N–H and O–H groups in total. The maximum Gasteiger partial charge on any atom is 0.408 e. The number of amides is 3. The number of aromatic amines is 2. The molecule has 12 heteroatoms. The fourth-order valence-corrected chi connectivity index (χ4v) is 6.61. The third-order valence-corrected chi connectivity index (χ3v) is 9.61. The number of hydrogen-bond donors (Lipinski definition) is 4. The van der Waals surface area contributed by atoms with Gasteiger partial charge in [-0.1, -0.05) is 107 Å². The number of aromatic nitrogens is 4. The molecule has 6 rings (SSSR count). The smallest absolute Gasteiger partial charge is 0.408 e. The Morgan fingerprint density at radius 3 is 1.98 bits per heavy atom. The van der Waals surface area contributed by atoms with Crippen molar-refractivity contribution in [3.63, 3.8) is 0 Å². The standard InChI is InChI=1S/C41H47N7O5/c1-25(2)35(46-41(51)53-24-27-10-7-6-8-11-27)38-43-23-33(45-38)31-19-15-29(16-20-31)28-13-17-30(18-14-28)32-22-42-37(44-32)34-12-9-21-48(34)39(49)36(26(3)4)47-40(50)52-5/h6-8,10-11,13-20,22-23,25-26,34-36H,9,12,21,24H2,1-5H3,(H,42,44)(H,43,45)(H,46,51)(H,47,50)/t34?,35-,36-/m0/s1. The summed E-state index contributed by atoms with van der Waals surface area (Å²) in [5, 5.41) is 5.65. The van der Waals surface area contributed by atoms with Crippen LogP contribution in [-0.4, -0.2) is 62.6 Å². The van der Waals surface area contributed by atoms with Gasteiger partial charge in [0.05, 0.1) is 43.0 Å². The zero-order valence-corrected chi connectivity index (χ0v) is 30.8. The molecule has 0 bridgehead atoms. The van der Waals surface area contributed by atoms with Gasteiger partial charge in [0, 0.05) is 6.54 Å². The summed E-state index contributed by atoms with van der Waals surface area (Å²) in [6.45, 7) is 8.65. The molecule has 2 aromatic heterocycles. The molecule has 0 spiro atoms. The quantitative estimate of drug-likeness (QED) is 0.103. The maximum absolute atomic E-state index is 13.5. The zero-order valence-electron chi connectivity index (χ0n) is 30.8. The van der Waals surface area contributed by atoms with Crippen molar-refractivity contribution in [2.75, 3.05) is 13.7 Å². The first-order valence-corrected chi connectivity index (χ1v) is 18.0. The number of carbonyl (C=O) groups is 3. The molecule has 0 aliphatic carbocycles. The lowest BCUT2D eigenvalue weighted by atomic mass is 10.0. The van der Waals surface area contributed by atoms with Gasteiger partial charge in [0.1, 0.15) is 24.3 Å². The first-order chi connectivity index (χ1) is 25.6. The number of likely N-dealkylation sites (tertiary alicyclic amines) is 1. The number of methoxy groups -OCH3 is 1. The number of ether oxygens (including phenoxy) is 2. The lowest BCUT2D eigenvalue weighted by molar-refractivity contribution is -0.135. The van der Waals surface area contributed by atoms with E-state index in [9.17, 15) is 14.4 Å². The first kappa shape index (κ1) is 36.9. The van der Waals surface area contributed by atoms with Gasteiger partial charge in [-0.05, 0) is 52.5 Å². The van der Waals surface area contributed by atoms with E-state index in [-0.39, 0.29) is 36.4 Å². The van der Waals surface area contributed by atoms with E-state index in [0.29, 0.717) is 12.4 Å². The van der Waals surface area contributed by atoms with E-state index in [1.54, 1.807) is 12.4 Å². The largest absolute Gasteiger partial charge is 0.453 e. The number of benzene rings is 3. The number of carbonyl (C=O) groups excluding carboxylic acids is 3. The topological polar surface area (TPSA) is 154 Å². The van der Waals surface area contributed by atoms with Crippen molar-refractivity contribution in [1.82, 2.24) is 35.5 Å². The minimum absolute atomic E-state index is 0.0814. The molecule has 1 saturated heterocycles. The summed E-state index contributed by atoms with van der Waals surface area (Å²) in [6.07, 6.45) is 4.11. The Hall–Kier alpha value is -5.91. The summed E-state index contributed by atoms with van der Waals surface area (Å²) in [6, 6.07) is 24.9. The van der Waals surface area contributed by atoms with Crippen LogP contribution in [0.25, 0.3) is 33.6 Å². The van der Waals surface area contributed by atoms with Crippen LogP contribution in [-0.2, 0) is 20.9 Å². The van der Waals surface area contributed by atoms with Crippen LogP contribution >= 0.6 is 0 Å². The molecule has 1 unspecified atom stereocenters. The van der Waals surface area contributed by atoms with Crippen LogP contribution in [0.4, 0.5) is 9.59 Å². The van der Waals surface area contributed by atoms with Crippen LogP contribution in [0.3, 0.4) is 0 Å². The molecule has 276 valence electrons. The Morgan fingerprint density at radius 1 is 0.774 bits per heavy atom. The summed E-state index contributed by atoms with van der Waals surface area (Å²) < 4.78 is 10.2. The summed E-state index contributed by atoms with van der Waals surface area (Å²) in [4.78, 5) is 56.0. The van der Waals surface area contributed by atoms with E-state index < -0.39 is 18.2 Å². The van der Waals surface area contributed by atoms with Crippen LogP contribution in [0.1, 0.15) is 69.8 Å². The minimum atomic E-state index is -0.682. The molecule has 1 aliphatic rings. The molecule has 1 aliphatic heterocycles. The second kappa shape index (κ2) is 16.6. The van der Waals surface area contributed by atoms with Crippen molar-refractivity contribution < 1.29 is 23.9 Å². The van der Waals surface area contributed by atoms with Crippen LogP contribution < -0.4 is 10.6 Å². The minimum Gasteiger partial charge on any atom is -0.453 e. The summed E-state index contributed by atoms with van der Waals surface area (Å²) in [5.41, 5.74) is 6.72. The number of nitrogens with zero attached hydrogens (tertiary/aromatic N) is 3. The molecule has 0 saturated carbocycles. The molecule has 3 heterocycles. The predicted octanol–water partition coefficient (Wildman–Crippen LogP) is 7.80. The predicted molar refractivity (Wildman–Crippen MR) is 202 cm³/mol. The van der Waals surface area contributed by atoms with E-state index in [1.165, 1.54) is 7.11 Å². The van der Waals surface area contributed by atoms with Crippen LogP contribution in [0, 0.1) is 11.8 Å². The van der Waals surface area contributed by atoms with Gasteiger partial charge in [-0.2, -0.15) is 0 Å². The van der Waals surface area contributed by atoms with Gasteiger partial charge in [-0.3, -0.25) is 4.79 Å². The average molecular weight is 718 g/mol. The number of H-pyrrole nitrogens is 2. The molecule has 0 radical (unpaired) electrons. The Kier molecular flexibility index (Phi) is 11.6. The molecular weight excluding hydrogens is 670 g/mol. The van der Waals surface area contributed by atoms with E-state index in [4.69, 9.17) is 9.47 Å². The molecule has 3 amide bonds. The summed E-state index contributed by atoms with van der Waals surface area (Å²) in [7, 11) is 1.29. The van der Waals surface area contributed by atoms with Gasteiger partial charge in [0.15, 0.2) is 0 Å². The second-order valence-corrected chi connectivity index (χ2v) is 14.0. The Bertz CT molecular complexity index is 1990. The molecule has 3 atom stereocenters. The highest BCUT2D eigenvalue weighted by molar-refractivity contribution is 5.86. The van der Waals surface area contributed by atoms with Crippen molar-refractivity contribution in [3.8, 4) is 33.6 Å². The molecule has 53 heavy (non-hydrogen) atoms. The zero-order chi connectivity index (χ0) is 37.5. The fourth-order valence-electron chi connectivity index (χ4n) is 6.61. The van der Waals surface area contributed by atoms with Gasteiger partial charge in [0.25, 0.3) is 0 Å². The summed E-state index contributed by atoms with van der Waals surface area (Å²) in [5.74, 6) is 1.24. The molecule has 1 fully saturated rings. The highest BCUT2D eigenvalue weighted by Gasteiger charge is 2.37. The van der Waals surface area contributed by atoms with Crippen LogP contribution in [0.15, 0.2) is 91.3 Å². The van der Waals surface area contributed by atoms with Crippen molar-refractivity contribution in [2.24, 2.45) is 11.8 Å². The van der Waals surface area contributed by atoms with Crippen LogP contribution in [0.2, 0.25) is 0 Å². The average Bonchev–Trinajstić information content (AvgIpc) is 3.97. The van der Waals surface area contributed by atoms with Gasteiger partial charge in [0.2, 0.25) is 5.91 Å². The Morgan fingerprint density at radius 2 is 1.38 bits per heavy atom. The first-order valence-electron chi connectivity index (χ1n) is 18.0. The van der Waals surface area contributed by atoms with Gasteiger partial charge in [-0.25, -0.2) is 19.6 Å². The number of imidazole rings is 2. The number of alkyl carbamates (subject to hydrolysis) is 2. The molecule has 3 aromatic carbocycles. The van der Waals surface area contributed by atoms with Gasteiger partial charge < -0.3 is 35.0 Å². The lowest BCUT2D eigenvalue weighted by Gasteiger charge is -2.30. The molecule has 12 nitrogen and oxygen atoms in total. The third kappa shape index (κ3) is 8.77. The summed E-state index contributed by atoms with van der Waals surface area (Å²) >= 11 is 0. The van der Waals surface area contributed by atoms with E-state index in [2.05, 4.69) is 67.0 Å². The monoisotopic (exact) mass is 717 g/mol. The Balaban J connectivity index is 1.08. The normalized spacial score (nSPS) is 15.3. The SMILES string of the molecule is COC(=O)N[C@H](C(=O)N1CCCC1c1ncc(-c2ccc(-c3ccc(-c4cnc([C@@H](NC(=O)OCc5ccccc5)C(C)C)[nH]4)cc3)cc2)[nH]1)C(C)C. The van der Waals surface area contributed by atoms with Crippen molar-refractivity contribution in [2.45, 2.75) is 65.3 Å². The van der Waals surface area contributed by atoms with E-state index in [1.807, 2.05) is 75.1 Å². The number of hydrogen-bond acceptors (Lipinski definition) is 7. The Labute approximate surface area is 309 Å². The lowest BCUT2D eigenvalue weighted by Crippen LogP contribution is -2.51. The fraction of sp³-hybridized carbons (Fsp3) is 0.341. The van der Waals surface area contributed by atoms with Gasteiger partial charge >= 0.3 is 12.2 Å². The van der Waals surface area contributed by atoms with Gasteiger partial charge in [-0.15, -0.1) is 0 Å². The molecular formula is C41H47N7O5. The van der Waals surface area contributed by atoms with Crippen LogP contribution in [0.5, 0.6) is 0 Å². The number of nitrogens with one attached hydrogen (secondary N) is 4. The maximum atomic E-state index is 13.5. The van der Waals surface area contributed by atoms with Crippen molar-refractivity contribution in [3.05, 3.63) is 108 Å². The molecule has 5 aromatic rings. The van der Waals surface area contributed by atoms with E-state index >= 15 is 0 Å². The number of rotatable bonds is 12. The highest BCUT2D eigenvalue weighted by atomic mass is 16.5. The van der Waals surface area contributed by atoms with Crippen molar-refractivity contribution in [1.29, 1.82) is 0 Å². The van der Waals surface area contributed by atoms with E-state index in [0.717, 1.165) is 57.9 Å².